The summed E-state index contributed by atoms with van der Waals surface area (Å²) < 4.78 is 14.9. The highest BCUT2D eigenvalue weighted by Crippen LogP contribution is 2.49. The van der Waals surface area contributed by atoms with Gasteiger partial charge in [-0.05, 0) is 117 Å². The van der Waals surface area contributed by atoms with Crippen LogP contribution < -0.4 is 0 Å². The third kappa shape index (κ3) is 5.82. The zero-order valence-electron chi connectivity index (χ0n) is 20.0. The molecule has 3 aliphatic rings. The monoisotopic (exact) mass is 424 g/mol. The van der Waals surface area contributed by atoms with Crippen LogP contribution in [0, 0.1) is 35.4 Å². The van der Waals surface area contributed by atoms with E-state index in [0.717, 1.165) is 60.5 Å². The molecule has 4 rings (SSSR count). The van der Waals surface area contributed by atoms with Gasteiger partial charge >= 0.3 is 0 Å². The van der Waals surface area contributed by atoms with E-state index in [4.69, 9.17) is 0 Å². The predicted octanol–water partition coefficient (Wildman–Crippen LogP) is 8.85. The lowest BCUT2D eigenvalue weighted by Gasteiger charge is -2.45. The molecule has 0 bridgehead atoms. The van der Waals surface area contributed by atoms with Crippen molar-refractivity contribution in [1.29, 1.82) is 0 Å². The molecular weight excluding hydrogens is 379 g/mol. The van der Waals surface area contributed by atoms with E-state index >= 15 is 0 Å². The first-order valence-electron chi connectivity index (χ1n) is 13.6. The summed E-state index contributed by atoms with van der Waals surface area (Å²) >= 11 is 0. The van der Waals surface area contributed by atoms with Gasteiger partial charge < -0.3 is 0 Å². The number of hydrogen-bond donors (Lipinski definition) is 0. The molecule has 172 valence electrons. The predicted molar refractivity (Wildman–Crippen MR) is 131 cm³/mol. The lowest BCUT2D eigenvalue weighted by Crippen LogP contribution is -2.35. The summed E-state index contributed by atoms with van der Waals surface area (Å²) in [6, 6.07) is 4.10. The summed E-state index contributed by atoms with van der Waals surface area (Å²) in [5, 5.41) is 0. The molecule has 1 heteroatoms. The van der Waals surface area contributed by atoms with Crippen molar-refractivity contribution >= 4 is 0 Å². The first-order chi connectivity index (χ1) is 15.2. The maximum atomic E-state index is 14.9. The molecule has 0 radical (unpaired) electrons. The van der Waals surface area contributed by atoms with Gasteiger partial charge in [0.15, 0.2) is 0 Å². The van der Waals surface area contributed by atoms with Crippen LogP contribution in [0.15, 0.2) is 24.8 Å². The average Bonchev–Trinajstić information content (AvgIpc) is 2.80. The Morgan fingerprint density at radius 2 is 1.71 bits per heavy atom. The van der Waals surface area contributed by atoms with E-state index in [1.807, 2.05) is 12.1 Å². The van der Waals surface area contributed by atoms with Crippen LogP contribution in [0.5, 0.6) is 0 Å². The highest BCUT2D eigenvalue weighted by atomic mass is 19.1. The lowest BCUT2D eigenvalue weighted by molar-refractivity contribution is 0.0687. The molecule has 0 heterocycles. The molecular formula is C30H45F. The molecule has 0 aliphatic heterocycles. The van der Waals surface area contributed by atoms with Crippen molar-refractivity contribution in [2.24, 2.45) is 29.6 Å². The van der Waals surface area contributed by atoms with E-state index < -0.39 is 0 Å². The minimum absolute atomic E-state index is 0.0681. The molecule has 5 unspecified atom stereocenters. The molecule has 0 N–H and O–H groups in total. The van der Waals surface area contributed by atoms with Crippen molar-refractivity contribution in [2.75, 3.05) is 0 Å². The van der Waals surface area contributed by atoms with Gasteiger partial charge in [0, 0.05) is 0 Å². The van der Waals surface area contributed by atoms with Crippen LogP contribution in [-0.2, 0) is 19.3 Å². The van der Waals surface area contributed by atoms with E-state index in [0.29, 0.717) is 5.92 Å². The first-order valence-corrected chi connectivity index (χ1v) is 13.6. The van der Waals surface area contributed by atoms with Crippen molar-refractivity contribution < 1.29 is 4.39 Å². The fourth-order valence-corrected chi connectivity index (χ4v) is 7.30. The van der Waals surface area contributed by atoms with E-state index in [1.165, 1.54) is 82.6 Å². The van der Waals surface area contributed by atoms with Crippen LogP contribution in [0.2, 0.25) is 0 Å². The van der Waals surface area contributed by atoms with Gasteiger partial charge in [0.1, 0.15) is 5.82 Å². The van der Waals surface area contributed by atoms with E-state index in [-0.39, 0.29) is 5.82 Å². The van der Waals surface area contributed by atoms with Crippen LogP contribution in [-0.4, -0.2) is 0 Å². The Hall–Kier alpha value is -1.11. The van der Waals surface area contributed by atoms with E-state index in [9.17, 15) is 4.39 Å². The van der Waals surface area contributed by atoms with Gasteiger partial charge in [-0.15, -0.1) is 6.58 Å². The topological polar surface area (TPSA) is 0 Å². The summed E-state index contributed by atoms with van der Waals surface area (Å²) in [6.07, 6.45) is 23.1. The van der Waals surface area contributed by atoms with Crippen molar-refractivity contribution in [1.82, 2.24) is 0 Å². The van der Waals surface area contributed by atoms with Gasteiger partial charge in [0.05, 0.1) is 0 Å². The molecule has 0 nitrogen and oxygen atoms in total. The maximum absolute atomic E-state index is 14.9. The first kappa shape index (κ1) is 23.1. The fourth-order valence-electron chi connectivity index (χ4n) is 7.30. The highest BCUT2D eigenvalue weighted by Gasteiger charge is 2.38. The second kappa shape index (κ2) is 11.2. The Morgan fingerprint density at radius 1 is 0.935 bits per heavy atom. The van der Waals surface area contributed by atoms with Crippen molar-refractivity contribution in [3.63, 3.8) is 0 Å². The van der Waals surface area contributed by atoms with Gasteiger partial charge in [-0.2, -0.15) is 0 Å². The Balaban J connectivity index is 1.29. The number of unbranched alkanes of at least 4 members (excludes halogenated alkanes) is 3. The molecule has 0 spiro atoms. The number of rotatable bonds is 9. The standard InChI is InChI=1S/C30H45F/c1-3-5-7-8-10-22-11-12-25-20-26(14-13-24(25)17-22)27-15-16-28-18-23(9-6-4-2)19-30(31)29(28)21-27/h4,18-19,22,24-27H,2-3,5-17,20-21H2,1H3. The average molecular weight is 425 g/mol. The Bertz CT molecular complexity index is 719. The van der Waals surface area contributed by atoms with Gasteiger partial charge in [0.25, 0.3) is 0 Å². The molecule has 2 saturated carbocycles. The van der Waals surface area contributed by atoms with Gasteiger partial charge in [-0.25, -0.2) is 4.39 Å². The molecule has 31 heavy (non-hydrogen) atoms. The summed E-state index contributed by atoms with van der Waals surface area (Å²) in [7, 11) is 0. The summed E-state index contributed by atoms with van der Waals surface area (Å²) in [5.41, 5.74) is 3.51. The third-order valence-corrected chi connectivity index (χ3v) is 9.13. The molecule has 0 aromatic heterocycles. The maximum Gasteiger partial charge on any atom is 0.126 e. The van der Waals surface area contributed by atoms with Crippen LogP contribution >= 0.6 is 0 Å². The van der Waals surface area contributed by atoms with Crippen molar-refractivity contribution in [3.8, 4) is 0 Å². The number of benzene rings is 1. The molecule has 1 aromatic carbocycles. The molecule has 3 aliphatic carbocycles. The second-order valence-corrected chi connectivity index (χ2v) is 11.2. The van der Waals surface area contributed by atoms with Crippen LogP contribution in [0.1, 0.15) is 107 Å². The van der Waals surface area contributed by atoms with Crippen LogP contribution in [0.3, 0.4) is 0 Å². The third-order valence-electron chi connectivity index (χ3n) is 9.13. The largest absolute Gasteiger partial charge is 0.207 e. The van der Waals surface area contributed by atoms with E-state index in [2.05, 4.69) is 19.6 Å². The Labute approximate surface area is 191 Å². The van der Waals surface area contributed by atoms with Gasteiger partial charge in [0.2, 0.25) is 0 Å². The number of aryl methyl sites for hydroxylation is 2. The van der Waals surface area contributed by atoms with Gasteiger partial charge in [-0.1, -0.05) is 57.6 Å². The Kier molecular flexibility index (Phi) is 8.30. The lowest BCUT2D eigenvalue weighted by atomic mass is 9.60. The minimum atomic E-state index is 0.0681. The minimum Gasteiger partial charge on any atom is -0.207 e. The van der Waals surface area contributed by atoms with Crippen LogP contribution in [0.25, 0.3) is 0 Å². The summed E-state index contributed by atoms with van der Waals surface area (Å²) in [4.78, 5) is 0. The smallest absolute Gasteiger partial charge is 0.126 e. The number of halogens is 1. The number of fused-ring (bicyclic) bond motifs is 2. The second-order valence-electron chi connectivity index (χ2n) is 11.2. The fraction of sp³-hybridized carbons (Fsp3) is 0.733. The SMILES string of the molecule is C=CCCc1cc(F)c2c(c1)CCC(C1CCC3CC(CCCCCC)CCC3C1)C2. The molecule has 2 fully saturated rings. The number of allylic oxidation sites excluding steroid dienone is 1. The highest BCUT2D eigenvalue weighted by molar-refractivity contribution is 5.36. The van der Waals surface area contributed by atoms with Gasteiger partial charge in [-0.3, -0.25) is 0 Å². The molecule has 5 atom stereocenters. The van der Waals surface area contributed by atoms with Crippen LogP contribution in [0.4, 0.5) is 4.39 Å². The van der Waals surface area contributed by atoms with Crippen molar-refractivity contribution in [2.45, 2.75) is 110 Å². The summed E-state index contributed by atoms with van der Waals surface area (Å²) in [6.45, 7) is 6.12. The molecule has 0 amide bonds. The quantitative estimate of drug-likeness (QED) is 0.274. The summed E-state index contributed by atoms with van der Waals surface area (Å²) in [5.74, 6) is 4.61. The Morgan fingerprint density at radius 3 is 2.52 bits per heavy atom. The number of hydrogen-bond acceptors (Lipinski definition) is 0. The molecule has 1 aromatic rings. The van der Waals surface area contributed by atoms with E-state index in [1.54, 1.807) is 0 Å². The zero-order valence-corrected chi connectivity index (χ0v) is 20.0. The van der Waals surface area contributed by atoms with Crippen molar-refractivity contribution in [3.05, 3.63) is 47.3 Å². The molecule has 0 saturated heterocycles. The normalized spacial score (nSPS) is 30.5. The zero-order chi connectivity index (χ0) is 21.6.